The third-order valence-corrected chi connectivity index (χ3v) is 5.21. The second-order valence-electron chi connectivity index (χ2n) is 7.28. The number of fused-ring (bicyclic) bond motifs is 1. The number of nitrogens with one attached hydrogen (secondary N) is 3. The number of aromatic amines is 1. The number of ether oxygens (including phenoxy) is 1. The van der Waals surface area contributed by atoms with Gasteiger partial charge in [-0.25, -0.2) is 9.78 Å². The largest absolute Gasteiger partial charge is 0.496 e. The minimum absolute atomic E-state index is 0.368. The number of anilines is 3. The minimum Gasteiger partial charge on any atom is -0.496 e. The molecule has 0 spiro atoms. The molecule has 0 amide bonds. The van der Waals surface area contributed by atoms with Gasteiger partial charge in [0.2, 0.25) is 5.95 Å². The highest BCUT2D eigenvalue weighted by Crippen LogP contribution is 2.39. The summed E-state index contributed by atoms with van der Waals surface area (Å²) in [5.74, 6) is 4.74. The lowest BCUT2D eigenvalue weighted by Gasteiger charge is -2.20. The molecule has 3 N–H and O–H groups in total. The van der Waals surface area contributed by atoms with Crippen LogP contribution in [0.4, 0.5) is 17.6 Å². The molecule has 0 saturated heterocycles. The van der Waals surface area contributed by atoms with Crippen LogP contribution >= 0.6 is 0 Å². The Labute approximate surface area is 172 Å². The first kappa shape index (κ1) is 18.1. The number of aromatic nitrogens is 4. The first-order valence-corrected chi connectivity index (χ1v) is 9.78. The summed E-state index contributed by atoms with van der Waals surface area (Å²) in [6, 6.07) is 9.32. The van der Waals surface area contributed by atoms with Gasteiger partial charge in [0.1, 0.15) is 23.1 Å². The Morgan fingerprint density at radius 2 is 2.10 bits per heavy atom. The van der Waals surface area contributed by atoms with Crippen molar-refractivity contribution in [1.29, 1.82) is 0 Å². The standard InChI is InChI=1S/C22H20N6O2/c1-30-19-8-4-7-17(15(19)12-29)24-22-23-16-6-3-2-5-14(16)21(26-22)25-20-11-18(27-28-20)13-9-10-13/h2-8,11,13,17H,9-10H2,1H3,(H3,23,24,25,26,27,28). The molecule has 1 atom stereocenters. The third kappa shape index (κ3) is 3.44. The summed E-state index contributed by atoms with van der Waals surface area (Å²) in [5.41, 5.74) is 2.28. The zero-order valence-corrected chi connectivity index (χ0v) is 16.3. The lowest BCUT2D eigenvalue weighted by Crippen LogP contribution is -2.25. The van der Waals surface area contributed by atoms with Gasteiger partial charge < -0.3 is 15.4 Å². The second kappa shape index (κ2) is 7.50. The predicted octanol–water partition coefficient (Wildman–Crippen LogP) is 3.61. The molecule has 8 nitrogen and oxygen atoms in total. The van der Waals surface area contributed by atoms with E-state index in [4.69, 9.17) is 4.74 Å². The molecule has 5 rings (SSSR count). The Balaban J connectivity index is 1.48. The van der Waals surface area contributed by atoms with E-state index in [0.29, 0.717) is 34.8 Å². The van der Waals surface area contributed by atoms with E-state index in [1.165, 1.54) is 20.0 Å². The number of rotatable bonds is 6. The molecule has 8 heteroatoms. The fourth-order valence-electron chi connectivity index (χ4n) is 3.51. The van der Waals surface area contributed by atoms with Gasteiger partial charge in [-0.1, -0.05) is 24.3 Å². The van der Waals surface area contributed by atoms with Crippen molar-refractivity contribution in [3.05, 3.63) is 65.6 Å². The highest BCUT2D eigenvalue weighted by molar-refractivity contribution is 5.91. The Hall–Kier alpha value is -3.90. The fraction of sp³-hybridized carbons (Fsp3) is 0.227. The van der Waals surface area contributed by atoms with Crippen LogP contribution in [0, 0.1) is 0 Å². The van der Waals surface area contributed by atoms with Crippen molar-refractivity contribution >= 4 is 34.4 Å². The average Bonchev–Trinajstić information content (AvgIpc) is 3.52. The lowest BCUT2D eigenvalue weighted by molar-refractivity contribution is 0.298. The van der Waals surface area contributed by atoms with Gasteiger partial charge in [0.05, 0.1) is 18.7 Å². The van der Waals surface area contributed by atoms with Gasteiger partial charge in [0.15, 0.2) is 5.82 Å². The number of hydrogen-bond donors (Lipinski definition) is 3. The molecule has 0 aliphatic heterocycles. The maximum absolute atomic E-state index is 11.5. The number of para-hydroxylation sites is 1. The Kier molecular flexibility index (Phi) is 4.53. The molecule has 0 bridgehead atoms. The van der Waals surface area contributed by atoms with Crippen molar-refractivity contribution < 1.29 is 9.53 Å². The SMILES string of the molecule is COC1=CC=CC(Nc2nc(Nc3cc(C4CC4)[nH]n3)c3ccccc3n2)C1=C=O. The molecule has 2 aliphatic rings. The number of benzene rings is 1. The van der Waals surface area contributed by atoms with Gasteiger partial charge in [-0.15, -0.1) is 0 Å². The highest BCUT2D eigenvalue weighted by atomic mass is 16.5. The highest BCUT2D eigenvalue weighted by Gasteiger charge is 2.26. The predicted molar refractivity (Wildman–Crippen MR) is 114 cm³/mol. The van der Waals surface area contributed by atoms with Crippen LogP contribution in [0.1, 0.15) is 24.5 Å². The van der Waals surface area contributed by atoms with Crippen molar-refractivity contribution in [2.24, 2.45) is 0 Å². The molecular weight excluding hydrogens is 380 g/mol. The molecule has 2 aliphatic carbocycles. The van der Waals surface area contributed by atoms with Crippen LogP contribution < -0.4 is 10.6 Å². The molecule has 2 aromatic heterocycles. The molecule has 1 unspecified atom stereocenters. The van der Waals surface area contributed by atoms with Crippen LogP contribution in [0.5, 0.6) is 0 Å². The average molecular weight is 400 g/mol. The van der Waals surface area contributed by atoms with Crippen LogP contribution in [0.15, 0.2) is 59.9 Å². The van der Waals surface area contributed by atoms with Crippen LogP contribution in [0.25, 0.3) is 10.9 Å². The monoisotopic (exact) mass is 400 g/mol. The minimum atomic E-state index is -0.441. The molecule has 1 saturated carbocycles. The van der Waals surface area contributed by atoms with Crippen molar-refractivity contribution in [1.82, 2.24) is 20.2 Å². The van der Waals surface area contributed by atoms with Crippen LogP contribution in [0.3, 0.4) is 0 Å². The number of nitrogens with zero attached hydrogens (tertiary/aromatic N) is 3. The van der Waals surface area contributed by atoms with Crippen molar-refractivity contribution in [2.75, 3.05) is 17.7 Å². The fourth-order valence-corrected chi connectivity index (χ4v) is 3.51. The van der Waals surface area contributed by atoms with E-state index in [2.05, 4.69) is 30.8 Å². The van der Waals surface area contributed by atoms with Gasteiger partial charge in [0, 0.05) is 23.1 Å². The lowest BCUT2D eigenvalue weighted by atomic mass is 10.0. The van der Waals surface area contributed by atoms with E-state index >= 15 is 0 Å². The Bertz CT molecular complexity index is 1220. The van der Waals surface area contributed by atoms with Crippen molar-refractivity contribution in [3.63, 3.8) is 0 Å². The van der Waals surface area contributed by atoms with E-state index in [9.17, 15) is 4.79 Å². The van der Waals surface area contributed by atoms with Crippen LogP contribution in [-0.4, -0.2) is 39.3 Å². The normalized spacial score (nSPS) is 18.1. The van der Waals surface area contributed by atoms with Crippen molar-refractivity contribution in [2.45, 2.75) is 24.8 Å². The van der Waals surface area contributed by atoms with Gasteiger partial charge in [-0.2, -0.15) is 10.1 Å². The third-order valence-electron chi connectivity index (χ3n) is 5.21. The number of hydrogen-bond acceptors (Lipinski definition) is 7. The first-order chi connectivity index (χ1) is 14.7. The summed E-state index contributed by atoms with van der Waals surface area (Å²) in [6.07, 6.45) is 7.78. The Morgan fingerprint density at radius 3 is 2.90 bits per heavy atom. The topological polar surface area (TPSA) is 105 Å². The molecule has 1 aromatic carbocycles. The Morgan fingerprint density at radius 1 is 1.23 bits per heavy atom. The van der Waals surface area contributed by atoms with E-state index < -0.39 is 6.04 Å². The zero-order valence-electron chi connectivity index (χ0n) is 16.3. The molecular formula is C22H20N6O2. The van der Waals surface area contributed by atoms with Gasteiger partial charge in [-0.05, 0) is 31.1 Å². The number of carbonyl (C=O) groups excluding carboxylic acids is 1. The van der Waals surface area contributed by atoms with Crippen LogP contribution in [0.2, 0.25) is 0 Å². The van der Waals surface area contributed by atoms with Gasteiger partial charge in [-0.3, -0.25) is 5.10 Å². The summed E-state index contributed by atoms with van der Waals surface area (Å²) >= 11 is 0. The molecule has 30 heavy (non-hydrogen) atoms. The van der Waals surface area contributed by atoms with Gasteiger partial charge in [0.25, 0.3) is 0 Å². The van der Waals surface area contributed by atoms with Crippen molar-refractivity contribution in [3.8, 4) is 0 Å². The summed E-state index contributed by atoms with van der Waals surface area (Å²) in [6.45, 7) is 0. The summed E-state index contributed by atoms with van der Waals surface area (Å²) < 4.78 is 5.27. The quantitative estimate of drug-likeness (QED) is 0.543. The summed E-state index contributed by atoms with van der Waals surface area (Å²) in [7, 11) is 1.52. The summed E-state index contributed by atoms with van der Waals surface area (Å²) in [5, 5.41) is 14.8. The molecule has 2 heterocycles. The number of H-pyrrole nitrogens is 1. The van der Waals surface area contributed by atoms with E-state index in [-0.39, 0.29) is 0 Å². The maximum atomic E-state index is 11.5. The molecule has 1 fully saturated rings. The molecule has 150 valence electrons. The van der Waals surface area contributed by atoms with E-state index in [0.717, 1.165) is 16.6 Å². The van der Waals surface area contributed by atoms with E-state index in [1.807, 2.05) is 48.4 Å². The van der Waals surface area contributed by atoms with Gasteiger partial charge >= 0.3 is 0 Å². The van der Waals surface area contributed by atoms with E-state index in [1.54, 1.807) is 6.08 Å². The zero-order chi connectivity index (χ0) is 20.5. The number of methoxy groups -OCH3 is 1. The molecule has 3 aromatic rings. The summed E-state index contributed by atoms with van der Waals surface area (Å²) in [4.78, 5) is 20.8. The second-order valence-corrected chi connectivity index (χ2v) is 7.28. The smallest absolute Gasteiger partial charge is 0.226 e. The number of allylic oxidation sites excluding steroid dienone is 2. The first-order valence-electron chi connectivity index (χ1n) is 9.78. The van der Waals surface area contributed by atoms with Crippen LogP contribution in [-0.2, 0) is 9.53 Å². The molecule has 0 radical (unpaired) electrons. The maximum Gasteiger partial charge on any atom is 0.226 e.